The first-order chi connectivity index (χ1) is 25.4. The fraction of sp³-hybridized carbons (Fsp3) is 0.120. The predicted molar refractivity (Wildman–Crippen MR) is 223 cm³/mol. The second-order valence-electron chi connectivity index (χ2n) is 14.7. The molecular formula is C50H42N2. The molecule has 2 aliphatic rings. The zero-order valence-electron chi connectivity index (χ0n) is 29.8. The second kappa shape index (κ2) is 12.6. The molecule has 0 bridgehead atoms. The number of H-pyrrole nitrogens is 1. The van der Waals surface area contributed by atoms with Gasteiger partial charge in [-0.3, -0.25) is 0 Å². The van der Waals surface area contributed by atoms with E-state index in [9.17, 15) is 0 Å². The molecule has 0 radical (unpaired) electrons. The van der Waals surface area contributed by atoms with Gasteiger partial charge in [-0.25, -0.2) is 0 Å². The number of nitrogens with one attached hydrogen (secondary N) is 1. The highest BCUT2D eigenvalue weighted by Crippen LogP contribution is 2.54. The van der Waals surface area contributed by atoms with Crippen LogP contribution in [0.2, 0.25) is 0 Å². The molecule has 0 fully saturated rings. The highest BCUT2D eigenvalue weighted by molar-refractivity contribution is 6.25. The summed E-state index contributed by atoms with van der Waals surface area (Å²) in [5.74, 6) is 0. The zero-order chi connectivity index (χ0) is 35.4. The number of fused-ring (bicyclic) bond motifs is 8. The summed E-state index contributed by atoms with van der Waals surface area (Å²) >= 11 is 0. The lowest BCUT2D eigenvalue weighted by Crippen LogP contribution is -2.15. The van der Waals surface area contributed by atoms with Crippen LogP contribution in [0.4, 0.5) is 5.69 Å². The zero-order valence-corrected chi connectivity index (χ0v) is 29.8. The van der Waals surface area contributed by atoms with Crippen LogP contribution in [0, 0.1) is 0 Å². The van der Waals surface area contributed by atoms with Gasteiger partial charge in [-0.05, 0) is 119 Å². The Balaban J connectivity index is 0.000000254. The number of aryl methyl sites for hydroxylation is 1. The summed E-state index contributed by atoms with van der Waals surface area (Å²) < 4.78 is 0. The molecule has 1 heterocycles. The van der Waals surface area contributed by atoms with Gasteiger partial charge in [-0.1, -0.05) is 147 Å². The lowest BCUT2D eigenvalue weighted by Gasteiger charge is -2.24. The van der Waals surface area contributed by atoms with Gasteiger partial charge < -0.3 is 10.7 Å². The lowest BCUT2D eigenvalue weighted by atomic mass is 9.79. The third-order valence-corrected chi connectivity index (χ3v) is 11.4. The van der Waals surface area contributed by atoms with Gasteiger partial charge in [0.2, 0.25) is 0 Å². The Bertz CT molecular complexity index is 2700. The number of aromatic nitrogens is 1. The van der Waals surface area contributed by atoms with Crippen molar-refractivity contribution in [3.8, 4) is 33.4 Å². The molecule has 0 unspecified atom stereocenters. The molecule has 0 atom stereocenters. The Labute approximate surface area is 306 Å². The third-order valence-electron chi connectivity index (χ3n) is 11.4. The molecule has 2 nitrogen and oxygen atoms in total. The smallest absolute Gasteiger partial charge is 0.0320 e. The summed E-state index contributed by atoms with van der Waals surface area (Å²) in [7, 11) is 0. The molecule has 8 aromatic rings. The van der Waals surface area contributed by atoms with Crippen molar-refractivity contribution in [3.63, 3.8) is 0 Å². The summed E-state index contributed by atoms with van der Waals surface area (Å²) in [6, 6.07) is 48.5. The Morgan fingerprint density at radius 3 is 2.02 bits per heavy atom. The number of anilines is 1. The molecule has 0 spiro atoms. The average molecular weight is 671 g/mol. The molecule has 0 amide bonds. The van der Waals surface area contributed by atoms with Crippen LogP contribution in [0.5, 0.6) is 0 Å². The van der Waals surface area contributed by atoms with Gasteiger partial charge in [0, 0.05) is 29.4 Å². The van der Waals surface area contributed by atoms with Crippen molar-refractivity contribution in [2.75, 3.05) is 5.73 Å². The molecule has 2 aliphatic carbocycles. The van der Waals surface area contributed by atoms with Crippen LogP contribution in [0.25, 0.3) is 65.7 Å². The van der Waals surface area contributed by atoms with E-state index in [-0.39, 0.29) is 5.41 Å². The highest BCUT2D eigenvalue weighted by Gasteiger charge is 2.37. The van der Waals surface area contributed by atoms with Crippen LogP contribution >= 0.6 is 0 Å². The van der Waals surface area contributed by atoms with Gasteiger partial charge in [0.25, 0.3) is 0 Å². The van der Waals surface area contributed by atoms with E-state index in [1.54, 1.807) is 0 Å². The molecular weight excluding hydrogens is 629 g/mol. The van der Waals surface area contributed by atoms with Crippen LogP contribution < -0.4 is 5.73 Å². The van der Waals surface area contributed by atoms with E-state index in [2.05, 4.69) is 159 Å². The van der Waals surface area contributed by atoms with E-state index in [1.807, 2.05) is 18.3 Å². The Kier molecular flexibility index (Phi) is 7.70. The second-order valence-corrected chi connectivity index (χ2v) is 14.7. The first kappa shape index (κ1) is 31.8. The van der Waals surface area contributed by atoms with Crippen LogP contribution in [-0.4, -0.2) is 4.98 Å². The van der Waals surface area contributed by atoms with Gasteiger partial charge >= 0.3 is 0 Å². The first-order valence-electron chi connectivity index (χ1n) is 18.4. The van der Waals surface area contributed by atoms with E-state index in [0.29, 0.717) is 0 Å². The minimum absolute atomic E-state index is 0.0979. The van der Waals surface area contributed by atoms with Crippen LogP contribution in [0.3, 0.4) is 0 Å². The molecule has 0 saturated carbocycles. The molecule has 10 rings (SSSR count). The first-order valence-corrected chi connectivity index (χ1v) is 18.4. The standard InChI is InChI=1S/C39H29N.C11H13N/c1-39(2)34-19-11-10-18-31(34)38-27-15-7-6-14-26(27)33(23-35(38)39)37-29-17-9-8-16-28(29)36(24-12-4-3-5-13-24)30-21-20-25(40)22-32(30)37;1-2-3-9-4-5-10-6-7-12-11(10)8-9/h3-23H,40H2,1-2H3;2-3,6-7,12H,1,4-5,8H2/b;9-3-. The quantitative estimate of drug-likeness (QED) is 0.143. The summed E-state index contributed by atoms with van der Waals surface area (Å²) in [4.78, 5) is 3.27. The monoisotopic (exact) mass is 670 g/mol. The van der Waals surface area contributed by atoms with Crippen LogP contribution in [0.1, 0.15) is 42.7 Å². The number of nitrogens with two attached hydrogens (primary N) is 1. The Morgan fingerprint density at radius 2 is 1.25 bits per heavy atom. The topological polar surface area (TPSA) is 41.8 Å². The number of benzene rings is 7. The number of nitrogen functional groups attached to an aromatic ring is 1. The van der Waals surface area contributed by atoms with Crippen molar-refractivity contribution in [3.05, 3.63) is 186 Å². The molecule has 7 aromatic carbocycles. The van der Waals surface area contributed by atoms with E-state index in [0.717, 1.165) is 12.1 Å². The van der Waals surface area contributed by atoms with Crippen molar-refractivity contribution in [1.29, 1.82) is 0 Å². The van der Waals surface area contributed by atoms with Gasteiger partial charge in [0.1, 0.15) is 0 Å². The number of hydrogen-bond donors (Lipinski definition) is 2. The number of allylic oxidation sites excluding steroid dienone is 3. The minimum Gasteiger partial charge on any atom is -0.399 e. The fourth-order valence-electron chi connectivity index (χ4n) is 8.91. The predicted octanol–water partition coefficient (Wildman–Crippen LogP) is 13.0. The highest BCUT2D eigenvalue weighted by atomic mass is 14.7. The maximum atomic E-state index is 6.51. The Hall–Kier alpha value is -6.12. The summed E-state index contributed by atoms with van der Waals surface area (Å²) in [5, 5.41) is 7.50. The maximum absolute atomic E-state index is 6.51. The number of hydrogen-bond acceptors (Lipinski definition) is 1. The van der Waals surface area contributed by atoms with Crippen molar-refractivity contribution < 1.29 is 0 Å². The van der Waals surface area contributed by atoms with Gasteiger partial charge in [0.05, 0.1) is 0 Å². The van der Waals surface area contributed by atoms with Crippen molar-refractivity contribution >= 4 is 38.0 Å². The third kappa shape index (κ3) is 5.09. The molecule has 0 aliphatic heterocycles. The van der Waals surface area contributed by atoms with Crippen molar-refractivity contribution in [1.82, 2.24) is 4.98 Å². The van der Waals surface area contributed by atoms with Gasteiger partial charge in [-0.2, -0.15) is 0 Å². The summed E-state index contributed by atoms with van der Waals surface area (Å²) in [6.45, 7) is 8.44. The number of aromatic amines is 1. The molecule has 52 heavy (non-hydrogen) atoms. The van der Waals surface area contributed by atoms with Crippen molar-refractivity contribution in [2.45, 2.75) is 38.5 Å². The molecule has 3 N–H and O–H groups in total. The van der Waals surface area contributed by atoms with E-state index in [4.69, 9.17) is 5.73 Å². The Morgan fingerprint density at radius 1 is 0.596 bits per heavy atom. The summed E-state index contributed by atoms with van der Waals surface area (Å²) in [5.41, 5.74) is 22.0. The molecule has 0 saturated heterocycles. The molecule has 252 valence electrons. The van der Waals surface area contributed by atoms with E-state index in [1.165, 1.54) is 106 Å². The largest absolute Gasteiger partial charge is 0.399 e. The average Bonchev–Trinajstić information content (AvgIpc) is 3.74. The molecule has 2 heteroatoms. The number of rotatable bonds is 3. The van der Waals surface area contributed by atoms with E-state index >= 15 is 0 Å². The van der Waals surface area contributed by atoms with Crippen LogP contribution in [-0.2, 0) is 18.3 Å². The fourth-order valence-corrected chi connectivity index (χ4v) is 8.91. The molecule has 1 aromatic heterocycles. The van der Waals surface area contributed by atoms with Crippen molar-refractivity contribution in [2.24, 2.45) is 0 Å². The SMILES string of the molecule is C=C/C=C1/CCc2cc[nH]c2C1.CC1(C)c2ccccc2-c2c1cc(-c1c3ccccc3c(-c3ccccc3)c3ccc(N)cc13)c1ccccc21. The maximum Gasteiger partial charge on any atom is 0.0320 e. The van der Waals surface area contributed by atoms with E-state index < -0.39 is 0 Å². The normalized spacial score (nSPS) is 14.8. The van der Waals surface area contributed by atoms with Gasteiger partial charge in [-0.15, -0.1) is 0 Å². The lowest BCUT2D eigenvalue weighted by molar-refractivity contribution is 0.661. The van der Waals surface area contributed by atoms with Crippen LogP contribution in [0.15, 0.2) is 164 Å². The minimum atomic E-state index is -0.0979. The summed E-state index contributed by atoms with van der Waals surface area (Å²) in [6.07, 6.45) is 9.48. The van der Waals surface area contributed by atoms with Gasteiger partial charge in [0.15, 0.2) is 0 Å².